The summed E-state index contributed by atoms with van der Waals surface area (Å²) >= 11 is 0. The predicted octanol–water partition coefficient (Wildman–Crippen LogP) is 3.23. The van der Waals surface area contributed by atoms with Crippen molar-refractivity contribution < 1.29 is 0 Å². The van der Waals surface area contributed by atoms with E-state index in [-0.39, 0.29) is 0 Å². The smallest absolute Gasteiger partial charge is 0.137 e. The zero-order valence-electron chi connectivity index (χ0n) is 12.6. The van der Waals surface area contributed by atoms with E-state index in [1.54, 1.807) is 6.33 Å². The Morgan fingerprint density at radius 1 is 1.32 bits per heavy atom. The monoisotopic (exact) mass is 262 g/mol. The number of anilines is 2. The minimum absolute atomic E-state index is 0.646. The molecule has 4 heteroatoms. The number of nitrogens with zero attached hydrogens (tertiary/aromatic N) is 3. The summed E-state index contributed by atoms with van der Waals surface area (Å²) in [6.07, 6.45) is 6.97. The maximum atomic E-state index is 4.56. The fourth-order valence-electron chi connectivity index (χ4n) is 3.00. The lowest BCUT2D eigenvalue weighted by Crippen LogP contribution is -2.37. The maximum Gasteiger partial charge on any atom is 0.137 e. The molecule has 0 amide bonds. The highest BCUT2D eigenvalue weighted by Crippen LogP contribution is 2.31. The van der Waals surface area contributed by atoms with Crippen LogP contribution in [0.5, 0.6) is 0 Å². The molecular weight excluding hydrogens is 236 g/mol. The summed E-state index contributed by atoms with van der Waals surface area (Å²) in [6, 6.07) is 0.653. The molecule has 1 aromatic rings. The van der Waals surface area contributed by atoms with Crippen LogP contribution in [0.4, 0.5) is 11.6 Å². The van der Waals surface area contributed by atoms with Crippen molar-refractivity contribution in [1.29, 1.82) is 0 Å². The van der Waals surface area contributed by atoms with Crippen molar-refractivity contribution >= 4 is 11.6 Å². The fraction of sp³-hybridized carbons (Fsp3) is 0.733. The highest BCUT2D eigenvalue weighted by molar-refractivity contribution is 5.58. The molecule has 0 atom stereocenters. The average Bonchev–Trinajstić information content (AvgIpc) is 2.90. The van der Waals surface area contributed by atoms with Crippen LogP contribution in [0.25, 0.3) is 0 Å². The summed E-state index contributed by atoms with van der Waals surface area (Å²) in [7, 11) is 1.92. The highest BCUT2D eigenvalue weighted by atomic mass is 15.2. The molecule has 2 rings (SSSR count). The number of aromatic nitrogens is 2. The Morgan fingerprint density at radius 2 is 2.00 bits per heavy atom. The van der Waals surface area contributed by atoms with Crippen molar-refractivity contribution in [3.05, 3.63) is 11.9 Å². The summed E-state index contributed by atoms with van der Waals surface area (Å²) in [5.74, 6) is 2.70. The van der Waals surface area contributed by atoms with Crippen molar-refractivity contribution in [2.75, 3.05) is 23.8 Å². The number of nitrogens with one attached hydrogen (secondary N) is 1. The third kappa shape index (κ3) is 3.17. The third-order valence-electron chi connectivity index (χ3n) is 3.89. The standard InChI is InChI=1S/C15H26N4/c1-11(2)9-19(13-7-5-6-8-13)15-12(3)14(16-4)17-10-18-15/h10-11,13H,5-9H2,1-4H3,(H,16,17,18). The first-order chi connectivity index (χ1) is 9.13. The van der Waals surface area contributed by atoms with Gasteiger partial charge in [-0.3, -0.25) is 0 Å². The van der Waals surface area contributed by atoms with Crippen molar-refractivity contribution in [3.8, 4) is 0 Å². The van der Waals surface area contributed by atoms with Gasteiger partial charge in [-0.2, -0.15) is 0 Å². The van der Waals surface area contributed by atoms with Crippen LogP contribution in [0.15, 0.2) is 6.33 Å². The van der Waals surface area contributed by atoms with Crippen molar-refractivity contribution in [1.82, 2.24) is 9.97 Å². The van der Waals surface area contributed by atoms with Crippen LogP contribution in [0, 0.1) is 12.8 Å². The number of hydrogen-bond acceptors (Lipinski definition) is 4. The molecule has 0 unspecified atom stereocenters. The normalized spacial score (nSPS) is 16.1. The van der Waals surface area contributed by atoms with Crippen LogP contribution in [-0.4, -0.2) is 29.6 Å². The van der Waals surface area contributed by atoms with Gasteiger partial charge in [-0.15, -0.1) is 0 Å². The molecule has 1 aromatic heterocycles. The minimum Gasteiger partial charge on any atom is -0.373 e. The van der Waals surface area contributed by atoms with Gasteiger partial charge in [0.2, 0.25) is 0 Å². The minimum atomic E-state index is 0.646. The fourth-order valence-corrected chi connectivity index (χ4v) is 3.00. The Kier molecular flexibility index (Phi) is 4.61. The van der Waals surface area contributed by atoms with Gasteiger partial charge in [0, 0.05) is 25.2 Å². The second kappa shape index (κ2) is 6.22. The van der Waals surface area contributed by atoms with E-state index in [1.165, 1.54) is 25.7 Å². The highest BCUT2D eigenvalue weighted by Gasteiger charge is 2.26. The summed E-state index contributed by atoms with van der Waals surface area (Å²) in [5.41, 5.74) is 1.16. The molecule has 1 saturated carbocycles. The summed E-state index contributed by atoms with van der Waals surface area (Å²) in [4.78, 5) is 11.4. The Hall–Kier alpha value is -1.32. The number of rotatable bonds is 5. The van der Waals surface area contributed by atoms with E-state index in [1.807, 2.05) is 7.05 Å². The van der Waals surface area contributed by atoms with Gasteiger partial charge in [-0.1, -0.05) is 26.7 Å². The van der Waals surface area contributed by atoms with E-state index in [0.29, 0.717) is 12.0 Å². The first-order valence-electron chi connectivity index (χ1n) is 7.39. The van der Waals surface area contributed by atoms with E-state index >= 15 is 0 Å². The molecule has 1 N–H and O–H groups in total. The Morgan fingerprint density at radius 3 is 2.58 bits per heavy atom. The first-order valence-corrected chi connectivity index (χ1v) is 7.39. The van der Waals surface area contributed by atoms with Gasteiger partial charge in [0.05, 0.1) is 0 Å². The molecule has 4 nitrogen and oxygen atoms in total. The first kappa shape index (κ1) is 14.1. The SMILES string of the molecule is CNc1ncnc(N(CC(C)C)C2CCCC2)c1C. The lowest BCUT2D eigenvalue weighted by Gasteiger charge is -2.33. The van der Waals surface area contributed by atoms with Gasteiger partial charge < -0.3 is 10.2 Å². The maximum absolute atomic E-state index is 4.56. The molecule has 0 aliphatic heterocycles. The van der Waals surface area contributed by atoms with Gasteiger partial charge in [-0.25, -0.2) is 9.97 Å². The molecule has 0 radical (unpaired) electrons. The molecular formula is C15H26N4. The molecule has 1 fully saturated rings. The molecule has 0 spiro atoms. The van der Waals surface area contributed by atoms with Crippen molar-refractivity contribution in [3.63, 3.8) is 0 Å². The predicted molar refractivity (Wildman–Crippen MR) is 80.8 cm³/mol. The molecule has 1 aliphatic rings. The van der Waals surface area contributed by atoms with Gasteiger partial charge in [0.1, 0.15) is 18.0 Å². The Balaban J connectivity index is 2.31. The summed E-state index contributed by atoms with van der Waals surface area (Å²) in [6.45, 7) is 7.74. The lowest BCUT2D eigenvalue weighted by atomic mass is 10.1. The largest absolute Gasteiger partial charge is 0.373 e. The van der Waals surface area contributed by atoms with Gasteiger partial charge in [-0.05, 0) is 25.7 Å². The number of hydrogen-bond donors (Lipinski definition) is 1. The molecule has 1 heterocycles. The lowest BCUT2D eigenvalue weighted by molar-refractivity contribution is 0.530. The van der Waals surface area contributed by atoms with Crippen molar-refractivity contribution in [2.24, 2.45) is 5.92 Å². The van der Waals surface area contributed by atoms with Crippen LogP contribution >= 0.6 is 0 Å². The molecule has 0 saturated heterocycles. The van der Waals surface area contributed by atoms with Crippen molar-refractivity contribution in [2.45, 2.75) is 52.5 Å². The molecule has 1 aliphatic carbocycles. The van der Waals surface area contributed by atoms with Crippen LogP contribution in [0.1, 0.15) is 45.1 Å². The quantitative estimate of drug-likeness (QED) is 0.884. The van der Waals surface area contributed by atoms with Crippen LogP contribution in [0.2, 0.25) is 0 Å². The van der Waals surface area contributed by atoms with E-state index in [9.17, 15) is 0 Å². The Bertz CT molecular complexity index is 411. The van der Waals surface area contributed by atoms with Crippen LogP contribution < -0.4 is 10.2 Å². The third-order valence-corrected chi connectivity index (χ3v) is 3.89. The average molecular weight is 262 g/mol. The zero-order chi connectivity index (χ0) is 13.8. The topological polar surface area (TPSA) is 41.1 Å². The van der Waals surface area contributed by atoms with E-state index in [4.69, 9.17) is 0 Å². The second-order valence-corrected chi connectivity index (χ2v) is 5.91. The van der Waals surface area contributed by atoms with Crippen LogP contribution in [0.3, 0.4) is 0 Å². The van der Waals surface area contributed by atoms with E-state index < -0.39 is 0 Å². The molecule has 19 heavy (non-hydrogen) atoms. The van der Waals surface area contributed by atoms with Crippen LogP contribution in [-0.2, 0) is 0 Å². The van der Waals surface area contributed by atoms with Gasteiger partial charge >= 0.3 is 0 Å². The molecule has 106 valence electrons. The van der Waals surface area contributed by atoms with E-state index in [2.05, 4.69) is 41.0 Å². The summed E-state index contributed by atoms with van der Waals surface area (Å²) < 4.78 is 0. The summed E-state index contributed by atoms with van der Waals surface area (Å²) in [5, 5.41) is 3.16. The van der Waals surface area contributed by atoms with E-state index in [0.717, 1.165) is 23.7 Å². The Labute approximate surface area is 116 Å². The zero-order valence-corrected chi connectivity index (χ0v) is 12.6. The van der Waals surface area contributed by atoms with Gasteiger partial charge in [0.25, 0.3) is 0 Å². The second-order valence-electron chi connectivity index (χ2n) is 5.91. The molecule has 0 aromatic carbocycles. The molecule has 0 bridgehead atoms. The van der Waals surface area contributed by atoms with Gasteiger partial charge in [0.15, 0.2) is 0 Å².